The Balaban J connectivity index is 2.00. The molecule has 2 heteroatoms. The van der Waals surface area contributed by atoms with Crippen LogP contribution in [0.15, 0.2) is 24.3 Å². The molecule has 130 valence electrons. The van der Waals surface area contributed by atoms with E-state index in [1.54, 1.807) is 0 Å². The smallest absolute Gasteiger partial charge is 0.108 e. The Morgan fingerprint density at radius 2 is 1.91 bits per heavy atom. The van der Waals surface area contributed by atoms with Crippen LogP contribution in [0.3, 0.4) is 0 Å². The first kappa shape index (κ1) is 18.5. The van der Waals surface area contributed by atoms with Gasteiger partial charge in [-0.15, -0.1) is 0 Å². The normalized spacial score (nSPS) is 21.3. The van der Waals surface area contributed by atoms with Crippen molar-refractivity contribution in [2.24, 2.45) is 5.41 Å². The van der Waals surface area contributed by atoms with Crippen LogP contribution in [0.4, 0.5) is 0 Å². The van der Waals surface area contributed by atoms with Gasteiger partial charge >= 0.3 is 0 Å². The average molecular weight is 318 g/mol. The van der Waals surface area contributed by atoms with Gasteiger partial charge in [0.15, 0.2) is 0 Å². The maximum Gasteiger partial charge on any atom is 0.108 e. The van der Waals surface area contributed by atoms with Crippen molar-refractivity contribution in [3.8, 4) is 0 Å². The van der Waals surface area contributed by atoms with Gasteiger partial charge in [0.05, 0.1) is 0 Å². The minimum absolute atomic E-state index is 0.210. The van der Waals surface area contributed by atoms with E-state index in [9.17, 15) is 0 Å². The molecule has 1 aliphatic rings. The van der Waals surface area contributed by atoms with Gasteiger partial charge in [0.1, 0.15) is 6.23 Å². The van der Waals surface area contributed by atoms with Gasteiger partial charge in [-0.25, -0.2) is 0 Å². The maximum absolute atomic E-state index is 5.67. The lowest BCUT2D eigenvalue weighted by molar-refractivity contribution is 0.0804. The van der Waals surface area contributed by atoms with E-state index in [1.807, 2.05) is 0 Å². The molecule has 0 amide bonds. The largest absolute Gasteiger partial charge is 0.363 e. The van der Waals surface area contributed by atoms with Gasteiger partial charge < -0.3 is 4.74 Å². The standard InChI is InChI=1S/C21H35NO/c1-6-21(5,13-14-22-19-12-9-15-23-19)16-17-10-7-8-11-18(17)20(2,3)4/h7-8,10-11,19,22H,6,9,12-16H2,1-5H3. The first-order chi connectivity index (χ1) is 10.8. The Bertz CT molecular complexity index is 485. The molecule has 1 heterocycles. The molecule has 2 unspecified atom stereocenters. The predicted molar refractivity (Wildman–Crippen MR) is 98.8 cm³/mol. The quantitative estimate of drug-likeness (QED) is 0.759. The number of rotatable bonds is 7. The van der Waals surface area contributed by atoms with Crippen molar-refractivity contribution in [1.29, 1.82) is 0 Å². The topological polar surface area (TPSA) is 21.3 Å². The molecule has 2 nitrogen and oxygen atoms in total. The predicted octanol–water partition coefficient (Wildman–Crippen LogP) is 5.06. The second kappa shape index (κ2) is 7.81. The van der Waals surface area contributed by atoms with Crippen molar-refractivity contribution in [2.45, 2.75) is 78.4 Å². The second-order valence-electron chi connectivity index (χ2n) is 8.45. The molecule has 0 spiro atoms. The molecule has 1 N–H and O–H groups in total. The highest BCUT2D eigenvalue weighted by molar-refractivity contribution is 5.33. The van der Waals surface area contributed by atoms with Gasteiger partial charge in [0, 0.05) is 6.61 Å². The highest BCUT2D eigenvalue weighted by Crippen LogP contribution is 2.34. The zero-order valence-corrected chi connectivity index (χ0v) is 15.7. The van der Waals surface area contributed by atoms with Crippen LogP contribution in [0, 0.1) is 5.41 Å². The van der Waals surface area contributed by atoms with Gasteiger partial charge in [-0.2, -0.15) is 0 Å². The maximum atomic E-state index is 5.67. The highest BCUT2D eigenvalue weighted by Gasteiger charge is 2.26. The van der Waals surface area contributed by atoms with Crippen molar-refractivity contribution >= 4 is 0 Å². The van der Waals surface area contributed by atoms with Gasteiger partial charge in [-0.1, -0.05) is 65.3 Å². The lowest BCUT2D eigenvalue weighted by Crippen LogP contribution is -2.33. The molecule has 0 radical (unpaired) electrons. The Morgan fingerprint density at radius 1 is 1.17 bits per heavy atom. The molecule has 2 atom stereocenters. The summed E-state index contributed by atoms with van der Waals surface area (Å²) in [5.41, 5.74) is 3.56. The number of benzene rings is 1. The summed E-state index contributed by atoms with van der Waals surface area (Å²) in [6, 6.07) is 8.98. The third-order valence-electron chi connectivity index (χ3n) is 5.33. The van der Waals surface area contributed by atoms with Crippen LogP contribution < -0.4 is 5.32 Å². The van der Waals surface area contributed by atoms with E-state index in [2.05, 4.69) is 64.2 Å². The molecular weight excluding hydrogens is 282 g/mol. The van der Waals surface area contributed by atoms with Crippen molar-refractivity contribution in [1.82, 2.24) is 5.32 Å². The molecule has 1 aliphatic heterocycles. The summed E-state index contributed by atoms with van der Waals surface area (Å²) < 4.78 is 5.67. The van der Waals surface area contributed by atoms with E-state index in [4.69, 9.17) is 4.74 Å². The lowest BCUT2D eigenvalue weighted by Gasteiger charge is -2.32. The molecular formula is C21H35NO. The lowest BCUT2D eigenvalue weighted by atomic mass is 9.74. The molecule has 1 aromatic carbocycles. The molecule has 1 fully saturated rings. The Kier molecular flexibility index (Phi) is 6.27. The van der Waals surface area contributed by atoms with Crippen molar-refractivity contribution in [3.63, 3.8) is 0 Å². The van der Waals surface area contributed by atoms with Gasteiger partial charge in [0.2, 0.25) is 0 Å². The molecule has 0 saturated carbocycles. The monoisotopic (exact) mass is 317 g/mol. The molecule has 1 saturated heterocycles. The van der Waals surface area contributed by atoms with Crippen LogP contribution in [-0.2, 0) is 16.6 Å². The van der Waals surface area contributed by atoms with Crippen LogP contribution in [0.25, 0.3) is 0 Å². The van der Waals surface area contributed by atoms with E-state index in [0.717, 1.165) is 26.0 Å². The molecule has 23 heavy (non-hydrogen) atoms. The minimum Gasteiger partial charge on any atom is -0.363 e. The summed E-state index contributed by atoms with van der Waals surface area (Å²) in [5, 5.41) is 3.58. The second-order valence-corrected chi connectivity index (χ2v) is 8.45. The summed E-state index contributed by atoms with van der Waals surface area (Å²) in [6.45, 7) is 13.7. The number of nitrogens with one attached hydrogen (secondary N) is 1. The number of hydrogen-bond donors (Lipinski definition) is 1. The van der Waals surface area contributed by atoms with E-state index in [1.165, 1.54) is 30.4 Å². The van der Waals surface area contributed by atoms with Crippen molar-refractivity contribution in [3.05, 3.63) is 35.4 Å². The van der Waals surface area contributed by atoms with Crippen LogP contribution in [0.2, 0.25) is 0 Å². The fraction of sp³-hybridized carbons (Fsp3) is 0.714. The van der Waals surface area contributed by atoms with Crippen molar-refractivity contribution < 1.29 is 4.74 Å². The van der Waals surface area contributed by atoms with Crippen LogP contribution >= 0.6 is 0 Å². The average Bonchev–Trinajstić information content (AvgIpc) is 3.00. The number of hydrogen-bond acceptors (Lipinski definition) is 2. The Hall–Kier alpha value is -0.860. The zero-order valence-electron chi connectivity index (χ0n) is 15.7. The first-order valence-electron chi connectivity index (χ1n) is 9.27. The van der Waals surface area contributed by atoms with Crippen LogP contribution in [0.1, 0.15) is 71.4 Å². The third kappa shape index (κ3) is 5.32. The zero-order chi connectivity index (χ0) is 16.9. The van der Waals surface area contributed by atoms with E-state index in [-0.39, 0.29) is 11.6 Å². The van der Waals surface area contributed by atoms with Crippen molar-refractivity contribution in [2.75, 3.05) is 13.2 Å². The molecule has 2 rings (SSSR count). The van der Waals surface area contributed by atoms with Gasteiger partial charge in [-0.3, -0.25) is 5.32 Å². The molecule has 1 aromatic rings. The van der Waals surface area contributed by atoms with E-state index >= 15 is 0 Å². The van der Waals surface area contributed by atoms with E-state index < -0.39 is 0 Å². The third-order valence-corrected chi connectivity index (χ3v) is 5.33. The van der Waals surface area contributed by atoms with E-state index in [0.29, 0.717) is 5.41 Å². The number of ether oxygens (including phenoxy) is 1. The minimum atomic E-state index is 0.210. The van der Waals surface area contributed by atoms with Gasteiger partial charge in [-0.05, 0) is 54.2 Å². The summed E-state index contributed by atoms with van der Waals surface area (Å²) >= 11 is 0. The highest BCUT2D eigenvalue weighted by atomic mass is 16.5. The summed E-state index contributed by atoms with van der Waals surface area (Å²) in [6.07, 6.45) is 6.21. The SMILES string of the molecule is CCC(C)(CCNC1CCCO1)Cc1ccccc1C(C)(C)C. The Morgan fingerprint density at radius 3 is 2.52 bits per heavy atom. The Labute approximate surface area is 143 Å². The molecule has 0 bridgehead atoms. The molecule has 0 aliphatic carbocycles. The first-order valence-corrected chi connectivity index (χ1v) is 9.27. The molecule has 0 aromatic heterocycles. The summed E-state index contributed by atoms with van der Waals surface area (Å²) in [4.78, 5) is 0. The summed E-state index contributed by atoms with van der Waals surface area (Å²) in [7, 11) is 0. The fourth-order valence-corrected chi connectivity index (χ4v) is 3.53. The van der Waals surface area contributed by atoms with Crippen LogP contribution in [0.5, 0.6) is 0 Å². The van der Waals surface area contributed by atoms with Crippen LogP contribution in [-0.4, -0.2) is 19.4 Å². The fourth-order valence-electron chi connectivity index (χ4n) is 3.53. The van der Waals surface area contributed by atoms with Gasteiger partial charge in [0.25, 0.3) is 0 Å². The summed E-state index contributed by atoms with van der Waals surface area (Å²) in [5.74, 6) is 0.